The van der Waals surface area contributed by atoms with Crippen LogP contribution in [0.15, 0.2) is 36.4 Å². The normalized spacial score (nSPS) is 22.8. The lowest BCUT2D eigenvalue weighted by atomic mass is 9.76. The number of nitrogens with one attached hydrogen (secondary N) is 1. The molecule has 3 rings (SSSR count). The highest BCUT2D eigenvalue weighted by Crippen LogP contribution is 2.42. The summed E-state index contributed by atoms with van der Waals surface area (Å²) >= 11 is 11.9. The lowest BCUT2D eigenvalue weighted by Crippen LogP contribution is -2.48. The number of rotatable bonds is 4. The molecule has 0 aliphatic heterocycles. The standard InChI is InChI=1S/C21H18Cl2F5NO2/c22-16-13(4-1-5-14(16)21(26,27)28)19(30)29-18(12-3-2-6-15(25)17(12)23)20(31)9-7-11(24)8-10-20/h1-6,11,18,31H,7-10H2,(H,29,30)/t11-,18?,20-. The van der Waals surface area contributed by atoms with E-state index in [1.165, 1.54) is 12.1 Å². The van der Waals surface area contributed by atoms with Gasteiger partial charge in [-0.3, -0.25) is 4.79 Å². The summed E-state index contributed by atoms with van der Waals surface area (Å²) in [6.07, 6.45) is -6.06. The zero-order valence-electron chi connectivity index (χ0n) is 15.9. The van der Waals surface area contributed by atoms with Crippen LogP contribution >= 0.6 is 23.2 Å². The Labute approximate surface area is 185 Å². The number of aliphatic hydroxyl groups is 1. The molecule has 1 aliphatic carbocycles. The number of carbonyl (C=O) groups is 1. The summed E-state index contributed by atoms with van der Waals surface area (Å²) in [5.41, 5.74) is -3.34. The van der Waals surface area contributed by atoms with Gasteiger partial charge >= 0.3 is 6.18 Å². The first-order valence-corrected chi connectivity index (χ1v) is 10.2. The number of amides is 1. The Morgan fingerprint density at radius 3 is 2.32 bits per heavy atom. The lowest BCUT2D eigenvalue weighted by molar-refractivity contribution is -0.137. The van der Waals surface area contributed by atoms with Crippen LogP contribution in [-0.4, -0.2) is 22.8 Å². The van der Waals surface area contributed by atoms with Crippen molar-refractivity contribution in [3.05, 3.63) is 69.0 Å². The minimum Gasteiger partial charge on any atom is -0.387 e. The van der Waals surface area contributed by atoms with Crippen LogP contribution in [0, 0.1) is 5.82 Å². The summed E-state index contributed by atoms with van der Waals surface area (Å²) in [6.45, 7) is 0. The van der Waals surface area contributed by atoms with E-state index < -0.39 is 51.9 Å². The monoisotopic (exact) mass is 481 g/mol. The van der Waals surface area contributed by atoms with Crippen molar-refractivity contribution >= 4 is 29.1 Å². The van der Waals surface area contributed by atoms with E-state index in [1.54, 1.807) is 0 Å². The van der Waals surface area contributed by atoms with Gasteiger partial charge in [-0.05, 0) is 49.4 Å². The lowest BCUT2D eigenvalue weighted by Gasteiger charge is -2.41. The molecule has 1 saturated carbocycles. The van der Waals surface area contributed by atoms with Crippen molar-refractivity contribution in [3.63, 3.8) is 0 Å². The minimum atomic E-state index is -4.78. The van der Waals surface area contributed by atoms with Crippen LogP contribution in [0.5, 0.6) is 0 Å². The molecule has 1 amide bonds. The Morgan fingerprint density at radius 2 is 1.71 bits per heavy atom. The van der Waals surface area contributed by atoms with Gasteiger partial charge in [0.05, 0.1) is 32.8 Å². The molecule has 2 aromatic carbocycles. The largest absolute Gasteiger partial charge is 0.417 e. The third kappa shape index (κ3) is 4.96. The Bertz CT molecular complexity index is 975. The van der Waals surface area contributed by atoms with Gasteiger partial charge in [0.2, 0.25) is 0 Å². The molecule has 0 heterocycles. The van der Waals surface area contributed by atoms with Crippen LogP contribution in [0.4, 0.5) is 22.0 Å². The molecule has 1 unspecified atom stereocenters. The van der Waals surface area contributed by atoms with Crippen molar-refractivity contribution in [3.8, 4) is 0 Å². The molecule has 1 fully saturated rings. The number of alkyl halides is 4. The number of halogens is 7. The van der Waals surface area contributed by atoms with Gasteiger partial charge in [0.25, 0.3) is 5.91 Å². The van der Waals surface area contributed by atoms with Crippen molar-refractivity contribution < 1.29 is 31.9 Å². The van der Waals surface area contributed by atoms with E-state index in [9.17, 15) is 31.9 Å². The van der Waals surface area contributed by atoms with Gasteiger partial charge in [0.1, 0.15) is 12.0 Å². The molecule has 0 bridgehead atoms. The van der Waals surface area contributed by atoms with E-state index in [0.717, 1.165) is 24.3 Å². The fraction of sp³-hybridized carbons (Fsp3) is 0.381. The Kier molecular flexibility index (Phi) is 6.84. The van der Waals surface area contributed by atoms with Crippen molar-refractivity contribution in [2.75, 3.05) is 0 Å². The maximum atomic E-state index is 14.1. The third-order valence-corrected chi connectivity index (χ3v) is 6.24. The van der Waals surface area contributed by atoms with Crippen LogP contribution < -0.4 is 5.32 Å². The van der Waals surface area contributed by atoms with Gasteiger partial charge < -0.3 is 10.4 Å². The van der Waals surface area contributed by atoms with E-state index in [2.05, 4.69) is 5.32 Å². The van der Waals surface area contributed by atoms with E-state index in [4.69, 9.17) is 23.2 Å². The molecule has 2 N–H and O–H groups in total. The fourth-order valence-electron chi connectivity index (χ4n) is 3.75. The maximum Gasteiger partial charge on any atom is 0.417 e. The molecular weight excluding hydrogens is 464 g/mol. The maximum absolute atomic E-state index is 14.1. The van der Waals surface area contributed by atoms with E-state index in [-0.39, 0.29) is 36.3 Å². The SMILES string of the molecule is O=C(NC(c1cccc(F)c1Cl)[C@]1(O)CC[C@H](F)CC1)c1cccc(C(F)(F)F)c1Cl. The van der Waals surface area contributed by atoms with Gasteiger partial charge in [-0.25, -0.2) is 8.78 Å². The topological polar surface area (TPSA) is 49.3 Å². The minimum absolute atomic E-state index is 0.000119. The van der Waals surface area contributed by atoms with Gasteiger partial charge in [-0.2, -0.15) is 13.2 Å². The molecule has 0 spiro atoms. The highest BCUT2D eigenvalue weighted by Gasteiger charge is 2.43. The van der Waals surface area contributed by atoms with E-state index in [0.29, 0.717) is 0 Å². The van der Waals surface area contributed by atoms with Gasteiger partial charge in [-0.15, -0.1) is 0 Å². The quantitative estimate of drug-likeness (QED) is 0.505. The summed E-state index contributed by atoms with van der Waals surface area (Å²) < 4.78 is 67.2. The molecule has 0 saturated heterocycles. The molecule has 1 atom stereocenters. The molecular formula is C21H18Cl2F5NO2. The van der Waals surface area contributed by atoms with E-state index in [1.807, 2.05) is 0 Å². The zero-order chi connectivity index (χ0) is 23.0. The first-order chi connectivity index (χ1) is 14.4. The zero-order valence-corrected chi connectivity index (χ0v) is 17.5. The van der Waals surface area contributed by atoms with E-state index >= 15 is 0 Å². The highest BCUT2D eigenvalue weighted by molar-refractivity contribution is 6.34. The summed E-state index contributed by atoms with van der Waals surface area (Å²) in [5, 5.41) is 12.5. The number of hydrogen-bond donors (Lipinski definition) is 2. The summed E-state index contributed by atoms with van der Waals surface area (Å²) in [7, 11) is 0. The predicted molar refractivity (Wildman–Crippen MR) is 106 cm³/mol. The number of carbonyl (C=O) groups excluding carboxylic acids is 1. The second-order valence-corrected chi connectivity index (χ2v) is 8.25. The second kappa shape index (κ2) is 8.92. The average Bonchev–Trinajstić information content (AvgIpc) is 2.70. The first kappa shape index (κ1) is 23.8. The Morgan fingerprint density at radius 1 is 1.10 bits per heavy atom. The van der Waals surface area contributed by atoms with Gasteiger partial charge in [-0.1, -0.05) is 41.4 Å². The molecule has 1 aliphatic rings. The van der Waals surface area contributed by atoms with Crippen LogP contribution in [0.25, 0.3) is 0 Å². The fourth-order valence-corrected chi connectivity index (χ4v) is 4.31. The van der Waals surface area contributed by atoms with Crippen LogP contribution in [0.1, 0.15) is 53.2 Å². The molecule has 3 nitrogen and oxygen atoms in total. The average molecular weight is 482 g/mol. The molecule has 2 aromatic rings. The summed E-state index contributed by atoms with van der Waals surface area (Å²) in [5.74, 6) is -1.82. The van der Waals surface area contributed by atoms with Crippen LogP contribution in [-0.2, 0) is 6.18 Å². The molecule has 0 radical (unpaired) electrons. The molecule has 0 aromatic heterocycles. The summed E-state index contributed by atoms with van der Waals surface area (Å²) in [4.78, 5) is 12.9. The first-order valence-electron chi connectivity index (χ1n) is 9.41. The van der Waals surface area contributed by atoms with Crippen molar-refractivity contribution in [1.82, 2.24) is 5.32 Å². The number of hydrogen-bond acceptors (Lipinski definition) is 2. The molecule has 10 heteroatoms. The van der Waals surface area contributed by atoms with Crippen LogP contribution in [0.2, 0.25) is 10.0 Å². The van der Waals surface area contributed by atoms with Gasteiger partial charge in [0.15, 0.2) is 0 Å². The van der Waals surface area contributed by atoms with Crippen molar-refractivity contribution in [2.45, 2.75) is 49.7 Å². The highest BCUT2D eigenvalue weighted by atomic mass is 35.5. The van der Waals surface area contributed by atoms with Gasteiger partial charge in [0, 0.05) is 0 Å². The predicted octanol–water partition coefficient (Wildman–Crippen LogP) is 6.27. The molecule has 31 heavy (non-hydrogen) atoms. The van der Waals surface area contributed by atoms with Crippen LogP contribution in [0.3, 0.4) is 0 Å². The van der Waals surface area contributed by atoms with Crippen molar-refractivity contribution in [1.29, 1.82) is 0 Å². The second-order valence-electron chi connectivity index (χ2n) is 7.49. The smallest absolute Gasteiger partial charge is 0.387 e. The Balaban J connectivity index is 2.02. The summed E-state index contributed by atoms with van der Waals surface area (Å²) in [6, 6.07) is 5.32. The molecule has 168 valence electrons. The third-order valence-electron chi connectivity index (χ3n) is 5.43. The number of benzene rings is 2. The van der Waals surface area contributed by atoms with Crippen molar-refractivity contribution in [2.24, 2.45) is 0 Å². The Hall–Kier alpha value is -1.90.